The Bertz CT molecular complexity index is 1050. The monoisotopic (exact) mass is 435 g/mol. The minimum atomic E-state index is -0.205. The molecule has 1 amide bonds. The summed E-state index contributed by atoms with van der Waals surface area (Å²) in [5, 5.41) is 5.23. The van der Waals surface area contributed by atoms with Crippen LogP contribution in [0.5, 0.6) is 0 Å². The average molecular weight is 436 g/mol. The van der Waals surface area contributed by atoms with E-state index in [0.717, 1.165) is 19.5 Å². The molecule has 4 nitrogen and oxygen atoms in total. The van der Waals surface area contributed by atoms with Crippen LogP contribution in [0.15, 0.2) is 66.0 Å². The molecule has 2 aliphatic rings. The van der Waals surface area contributed by atoms with Crippen LogP contribution in [-0.2, 0) is 17.6 Å². The summed E-state index contributed by atoms with van der Waals surface area (Å²) in [5.41, 5.74) is 3.05. The topological polar surface area (TPSA) is 35.6 Å². The molecular formula is C25H26FN3OS. The summed E-state index contributed by atoms with van der Waals surface area (Å²) in [5.74, 6) is -0.270. The number of halogens is 1. The van der Waals surface area contributed by atoms with Crippen LogP contribution in [0, 0.1) is 11.7 Å². The molecule has 0 radical (unpaired) electrons. The van der Waals surface area contributed by atoms with Gasteiger partial charge in [0.1, 0.15) is 5.82 Å². The Balaban J connectivity index is 1.37. The highest BCUT2D eigenvalue weighted by Gasteiger charge is 2.41. The molecule has 1 saturated heterocycles. The number of benzene rings is 2. The van der Waals surface area contributed by atoms with Gasteiger partial charge in [0.25, 0.3) is 0 Å². The van der Waals surface area contributed by atoms with Crippen LogP contribution in [0.2, 0.25) is 0 Å². The van der Waals surface area contributed by atoms with Crippen molar-refractivity contribution < 1.29 is 9.18 Å². The number of anilines is 2. The van der Waals surface area contributed by atoms with E-state index in [9.17, 15) is 9.18 Å². The zero-order valence-corrected chi connectivity index (χ0v) is 18.2. The second-order valence-corrected chi connectivity index (χ2v) is 9.25. The number of carbonyl (C=O) groups is 1. The Morgan fingerprint density at radius 3 is 2.65 bits per heavy atom. The number of hydrogen-bond acceptors (Lipinski definition) is 4. The summed E-state index contributed by atoms with van der Waals surface area (Å²) >= 11 is 1.72. The summed E-state index contributed by atoms with van der Waals surface area (Å²) in [4.78, 5) is 19.0. The SMILES string of the molecule is O=C(NCCc1cccs1)C1Cc2ccccc2N2CCN(c3ccccc3F)CC12. The van der Waals surface area contributed by atoms with Crippen molar-refractivity contribution in [3.8, 4) is 0 Å². The third-order valence-corrected chi connectivity index (χ3v) is 7.34. The van der Waals surface area contributed by atoms with Crippen molar-refractivity contribution in [3.63, 3.8) is 0 Å². The highest BCUT2D eigenvalue weighted by molar-refractivity contribution is 7.09. The lowest BCUT2D eigenvalue weighted by molar-refractivity contribution is -0.125. The molecule has 0 spiro atoms. The van der Waals surface area contributed by atoms with E-state index < -0.39 is 0 Å². The zero-order valence-electron chi connectivity index (χ0n) is 17.3. The van der Waals surface area contributed by atoms with Gasteiger partial charge in [0, 0.05) is 36.7 Å². The fourth-order valence-electron chi connectivity index (χ4n) is 4.88. The number of nitrogens with one attached hydrogen (secondary N) is 1. The molecule has 0 bridgehead atoms. The van der Waals surface area contributed by atoms with Crippen molar-refractivity contribution in [2.75, 3.05) is 36.0 Å². The van der Waals surface area contributed by atoms with Gasteiger partial charge >= 0.3 is 0 Å². The lowest BCUT2D eigenvalue weighted by Crippen LogP contribution is -2.61. The van der Waals surface area contributed by atoms with Crippen molar-refractivity contribution >= 4 is 28.6 Å². The first kappa shape index (κ1) is 20.1. The Kier molecular flexibility index (Phi) is 5.64. The van der Waals surface area contributed by atoms with Gasteiger partial charge in [0.05, 0.1) is 17.6 Å². The van der Waals surface area contributed by atoms with E-state index in [2.05, 4.69) is 44.8 Å². The fraction of sp³-hybridized carbons (Fsp3) is 0.320. The minimum Gasteiger partial charge on any atom is -0.365 e. The largest absolute Gasteiger partial charge is 0.365 e. The molecule has 2 aliphatic heterocycles. The van der Waals surface area contributed by atoms with Crippen LogP contribution < -0.4 is 15.1 Å². The van der Waals surface area contributed by atoms with Gasteiger partial charge in [-0.25, -0.2) is 4.39 Å². The Labute approximate surface area is 186 Å². The lowest BCUT2D eigenvalue weighted by atomic mass is 9.83. The van der Waals surface area contributed by atoms with Crippen LogP contribution in [0.25, 0.3) is 0 Å². The van der Waals surface area contributed by atoms with Crippen LogP contribution in [0.3, 0.4) is 0 Å². The summed E-state index contributed by atoms with van der Waals surface area (Å²) in [6.45, 7) is 2.78. The third-order valence-electron chi connectivity index (χ3n) is 6.40. The Hall–Kier alpha value is -2.86. The maximum atomic E-state index is 14.5. The van der Waals surface area contributed by atoms with Crippen molar-refractivity contribution in [2.45, 2.75) is 18.9 Å². The van der Waals surface area contributed by atoms with Crippen LogP contribution in [0.4, 0.5) is 15.8 Å². The summed E-state index contributed by atoms with van der Waals surface area (Å²) in [6.07, 6.45) is 1.57. The van der Waals surface area contributed by atoms with E-state index in [0.29, 0.717) is 25.2 Å². The van der Waals surface area contributed by atoms with E-state index >= 15 is 0 Å². The molecule has 2 atom stereocenters. The molecule has 31 heavy (non-hydrogen) atoms. The first-order valence-corrected chi connectivity index (χ1v) is 11.7. The van der Waals surface area contributed by atoms with E-state index in [4.69, 9.17) is 0 Å². The molecule has 5 rings (SSSR count). The number of carbonyl (C=O) groups excluding carboxylic acids is 1. The highest BCUT2D eigenvalue weighted by atomic mass is 32.1. The summed E-state index contributed by atoms with van der Waals surface area (Å²) in [7, 11) is 0. The molecule has 2 unspecified atom stereocenters. The van der Waals surface area contributed by atoms with Crippen molar-refractivity contribution in [2.24, 2.45) is 5.92 Å². The maximum absolute atomic E-state index is 14.5. The average Bonchev–Trinajstić information content (AvgIpc) is 3.32. The zero-order chi connectivity index (χ0) is 21.2. The van der Waals surface area contributed by atoms with Gasteiger partial charge in [-0.2, -0.15) is 0 Å². The van der Waals surface area contributed by atoms with E-state index in [-0.39, 0.29) is 23.7 Å². The number of thiophene rings is 1. The Morgan fingerprint density at radius 1 is 1.03 bits per heavy atom. The minimum absolute atomic E-state index is 0.0185. The van der Waals surface area contributed by atoms with E-state index in [1.54, 1.807) is 17.4 Å². The lowest BCUT2D eigenvalue weighted by Gasteiger charge is -2.49. The molecule has 160 valence electrons. The number of rotatable bonds is 5. The van der Waals surface area contributed by atoms with Crippen LogP contribution in [-0.4, -0.2) is 38.1 Å². The normalized spacial score (nSPS) is 20.2. The Morgan fingerprint density at radius 2 is 1.84 bits per heavy atom. The van der Waals surface area contributed by atoms with Crippen molar-refractivity contribution in [1.29, 1.82) is 0 Å². The first-order valence-electron chi connectivity index (χ1n) is 10.8. The molecule has 1 fully saturated rings. The van der Waals surface area contributed by atoms with E-state index in [1.807, 2.05) is 24.3 Å². The highest BCUT2D eigenvalue weighted by Crippen LogP contribution is 2.37. The van der Waals surface area contributed by atoms with Gasteiger partial charge in [0.2, 0.25) is 5.91 Å². The van der Waals surface area contributed by atoms with Crippen molar-refractivity contribution in [3.05, 3.63) is 82.3 Å². The number of amides is 1. The molecule has 0 saturated carbocycles. The molecule has 3 heterocycles. The quantitative estimate of drug-likeness (QED) is 0.655. The van der Waals surface area contributed by atoms with Gasteiger partial charge in [-0.3, -0.25) is 4.79 Å². The molecule has 1 aromatic heterocycles. The molecular weight excluding hydrogens is 409 g/mol. The van der Waals surface area contributed by atoms with Gasteiger partial charge in [-0.05, 0) is 48.1 Å². The fourth-order valence-corrected chi connectivity index (χ4v) is 5.59. The van der Waals surface area contributed by atoms with Crippen LogP contribution in [0.1, 0.15) is 10.4 Å². The number of hydrogen-bond donors (Lipinski definition) is 1. The first-order chi connectivity index (χ1) is 15.2. The van der Waals surface area contributed by atoms with Gasteiger partial charge in [-0.1, -0.05) is 36.4 Å². The predicted octanol–water partition coefficient (Wildman–Crippen LogP) is 4.11. The maximum Gasteiger partial charge on any atom is 0.225 e. The second kappa shape index (κ2) is 8.71. The summed E-state index contributed by atoms with van der Waals surface area (Å²) < 4.78 is 14.5. The third kappa shape index (κ3) is 4.04. The number of fused-ring (bicyclic) bond motifs is 3. The van der Waals surface area contributed by atoms with Crippen molar-refractivity contribution in [1.82, 2.24) is 5.32 Å². The van der Waals surface area contributed by atoms with E-state index in [1.165, 1.54) is 22.2 Å². The summed E-state index contributed by atoms with van der Waals surface area (Å²) in [6, 6.07) is 19.5. The number of piperazine rings is 1. The molecule has 6 heteroatoms. The molecule has 3 aromatic rings. The predicted molar refractivity (Wildman–Crippen MR) is 124 cm³/mol. The number of para-hydroxylation sites is 2. The molecule has 1 N–H and O–H groups in total. The molecule has 2 aromatic carbocycles. The van der Waals surface area contributed by atoms with Gasteiger partial charge in [0.15, 0.2) is 0 Å². The standard InChI is InChI=1S/C25H26FN3OS/c26-21-8-2-4-10-23(21)28-13-14-29-22-9-3-1-6-18(22)16-20(24(29)17-28)25(30)27-12-11-19-7-5-15-31-19/h1-10,15,20,24H,11-14,16-17H2,(H,27,30). The smallest absolute Gasteiger partial charge is 0.225 e. The molecule has 0 aliphatic carbocycles. The van der Waals surface area contributed by atoms with Gasteiger partial charge < -0.3 is 15.1 Å². The second-order valence-electron chi connectivity index (χ2n) is 8.22. The number of nitrogens with zero attached hydrogens (tertiary/aromatic N) is 2. The van der Waals surface area contributed by atoms with Crippen LogP contribution >= 0.6 is 11.3 Å². The van der Waals surface area contributed by atoms with Gasteiger partial charge in [-0.15, -0.1) is 11.3 Å².